The maximum atomic E-state index is 13.4. The number of hydrogen-bond acceptors (Lipinski definition) is 4. The van der Waals surface area contributed by atoms with Crippen molar-refractivity contribution < 1.29 is 13.9 Å². The predicted octanol–water partition coefficient (Wildman–Crippen LogP) is 6.82. The fourth-order valence-corrected chi connectivity index (χ4v) is 3.94. The Hall–Kier alpha value is -2.59. The lowest BCUT2D eigenvalue weighted by molar-refractivity contribution is 0.103. The van der Waals surface area contributed by atoms with Crippen LogP contribution < -0.4 is 4.74 Å². The molecule has 0 N–H and O–H groups in total. The number of carbonyl (C=O) groups excluding carboxylic acids is 1. The molecule has 0 fully saturated rings. The van der Waals surface area contributed by atoms with Gasteiger partial charge >= 0.3 is 0 Å². The van der Waals surface area contributed by atoms with Crippen LogP contribution in [0.3, 0.4) is 0 Å². The Balaban J connectivity index is 1.68. The molecule has 0 radical (unpaired) electrons. The topological polar surface area (TPSA) is 42.7 Å². The highest BCUT2D eigenvalue weighted by atomic mass is 16.5. The summed E-state index contributed by atoms with van der Waals surface area (Å²) >= 11 is 0. The molecule has 0 amide bonds. The first-order valence-electron chi connectivity index (χ1n) is 12.0. The number of aryl methyl sites for hydroxylation is 2. The van der Waals surface area contributed by atoms with Gasteiger partial charge in [-0.2, -0.15) is 0 Å². The Morgan fingerprint density at radius 1 is 0.969 bits per heavy atom. The predicted molar refractivity (Wildman–Crippen MR) is 132 cm³/mol. The van der Waals surface area contributed by atoms with Gasteiger partial charge in [0.05, 0.1) is 12.2 Å². The van der Waals surface area contributed by atoms with Gasteiger partial charge < -0.3 is 14.1 Å². The van der Waals surface area contributed by atoms with Crippen molar-refractivity contribution in [3.63, 3.8) is 0 Å². The number of unbranched alkanes of at least 4 members (excludes halogenated alkanes) is 2. The van der Waals surface area contributed by atoms with E-state index in [-0.39, 0.29) is 5.78 Å². The molecule has 172 valence electrons. The standard InChI is InChI=1S/C28H37NO3/c1-5-7-10-26-27(24-20-21(3)11-16-25(24)32-26)28(30)22-12-14-23(15-13-22)31-19-9-18-29(4)17-8-6-2/h11-16,20H,5-10,17-19H2,1-4H3. The van der Waals surface area contributed by atoms with Crippen LogP contribution in [0.2, 0.25) is 0 Å². The summed E-state index contributed by atoms with van der Waals surface area (Å²) in [4.78, 5) is 15.8. The second-order valence-electron chi connectivity index (χ2n) is 8.72. The summed E-state index contributed by atoms with van der Waals surface area (Å²) in [6.07, 6.45) is 6.28. The monoisotopic (exact) mass is 435 g/mol. The molecule has 0 atom stereocenters. The van der Waals surface area contributed by atoms with Crippen LogP contribution in [-0.4, -0.2) is 37.4 Å². The van der Waals surface area contributed by atoms with Gasteiger partial charge in [-0.25, -0.2) is 0 Å². The maximum absolute atomic E-state index is 13.4. The zero-order valence-electron chi connectivity index (χ0n) is 20.1. The van der Waals surface area contributed by atoms with Crippen molar-refractivity contribution >= 4 is 16.8 Å². The van der Waals surface area contributed by atoms with E-state index in [1.165, 1.54) is 12.8 Å². The number of rotatable bonds is 13. The smallest absolute Gasteiger partial charge is 0.197 e. The first-order chi connectivity index (χ1) is 15.5. The minimum absolute atomic E-state index is 0.0181. The molecule has 4 nitrogen and oxygen atoms in total. The fourth-order valence-electron chi connectivity index (χ4n) is 3.94. The zero-order valence-corrected chi connectivity index (χ0v) is 20.1. The highest BCUT2D eigenvalue weighted by molar-refractivity contribution is 6.17. The largest absolute Gasteiger partial charge is 0.494 e. The molecule has 3 aromatic rings. The van der Waals surface area contributed by atoms with Gasteiger partial charge in [-0.15, -0.1) is 0 Å². The molecule has 4 heteroatoms. The van der Waals surface area contributed by atoms with E-state index in [9.17, 15) is 4.79 Å². The molecule has 0 saturated heterocycles. The summed E-state index contributed by atoms with van der Waals surface area (Å²) in [5, 5.41) is 0.911. The fraction of sp³-hybridized carbons (Fsp3) is 0.464. The minimum atomic E-state index is 0.0181. The van der Waals surface area contributed by atoms with Gasteiger partial charge in [0.15, 0.2) is 5.78 Å². The van der Waals surface area contributed by atoms with Crippen LogP contribution in [0.25, 0.3) is 11.0 Å². The molecule has 0 aliphatic carbocycles. The third-order valence-electron chi connectivity index (χ3n) is 5.86. The first-order valence-corrected chi connectivity index (χ1v) is 12.0. The number of ketones is 1. The van der Waals surface area contributed by atoms with Gasteiger partial charge in [0, 0.05) is 23.9 Å². The molecule has 3 rings (SSSR count). The van der Waals surface area contributed by atoms with Gasteiger partial charge in [-0.1, -0.05) is 38.3 Å². The molecular weight excluding hydrogens is 398 g/mol. The quantitative estimate of drug-likeness (QED) is 0.218. The Morgan fingerprint density at radius 3 is 2.41 bits per heavy atom. The molecule has 0 unspecified atom stereocenters. The van der Waals surface area contributed by atoms with Crippen molar-refractivity contribution in [1.82, 2.24) is 4.90 Å². The molecule has 2 aromatic carbocycles. The molecule has 0 saturated carbocycles. The highest BCUT2D eigenvalue weighted by Crippen LogP contribution is 2.30. The highest BCUT2D eigenvalue weighted by Gasteiger charge is 2.22. The second-order valence-corrected chi connectivity index (χ2v) is 8.72. The van der Waals surface area contributed by atoms with Crippen LogP contribution in [0.1, 0.15) is 73.2 Å². The van der Waals surface area contributed by atoms with E-state index in [0.29, 0.717) is 17.7 Å². The van der Waals surface area contributed by atoms with Crippen LogP contribution in [0.5, 0.6) is 5.75 Å². The Labute approximate surface area is 192 Å². The lowest BCUT2D eigenvalue weighted by Crippen LogP contribution is -2.22. The van der Waals surface area contributed by atoms with E-state index in [0.717, 1.165) is 66.8 Å². The lowest BCUT2D eigenvalue weighted by Gasteiger charge is -2.16. The van der Waals surface area contributed by atoms with E-state index >= 15 is 0 Å². The number of carbonyl (C=O) groups is 1. The molecular formula is C28H37NO3. The summed E-state index contributed by atoms with van der Waals surface area (Å²) in [7, 11) is 2.16. The summed E-state index contributed by atoms with van der Waals surface area (Å²) in [5.74, 6) is 1.62. The van der Waals surface area contributed by atoms with Gasteiger partial charge in [0.25, 0.3) is 0 Å². The molecule has 0 aliphatic heterocycles. The van der Waals surface area contributed by atoms with E-state index in [2.05, 4.69) is 31.9 Å². The van der Waals surface area contributed by atoms with Gasteiger partial charge in [-0.05, 0) is 76.2 Å². The normalized spacial score (nSPS) is 11.4. The zero-order chi connectivity index (χ0) is 22.9. The maximum Gasteiger partial charge on any atom is 0.197 e. The third kappa shape index (κ3) is 6.23. The van der Waals surface area contributed by atoms with Crippen LogP contribution in [0.4, 0.5) is 0 Å². The molecule has 1 heterocycles. The van der Waals surface area contributed by atoms with Crippen LogP contribution in [0.15, 0.2) is 46.9 Å². The SMILES string of the molecule is CCCCc1oc2ccc(C)cc2c1C(=O)c1ccc(OCCCN(C)CCCC)cc1. The number of ether oxygens (including phenoxy) is 1. The van der Waals surface area contributed by atoms with E-state index in [4.69, 9.17) is 9.15 Å². The molecule has 0 bridgehead atoms. The van der Waals surface area contributed by atoms with Gasteiger partial charge in [0.1, 0.15) is 17.1 Å². The van der Waals surface area contributed by atoms with Crippen molar-refractivity contribution in [1.29, 1.82) is 0 Å². The second kappa shape index (κ2) is 11.9. The lowest BCUT2D eigenvalue weighted by atomic mass is 9.97. The Morgan fingerprint density at radius 2 is 1.69 bits per heavy atom. The number of fused-ring (bicyclic) bond motifs is 1. The Kier molecular flexibility index (Phi) is 8.92. The van der Waals surface area contributed by atoms with Crippen LogP contribution >= 0.6 is 0 Å². The van der Waals surface area contributed by atoms with Crippen molar-refractivity contribution in [2.75, 3.05) is 26.7 Å². The Bertz CT molecular complexity index is 1000. The minimum Gasteiger partial charge on any atom is -0.494 e. The summed E-state index contributed by atoms with van der Waals surface area (Å²) < 4.78 is 12.0. The molecule has 32 heavy (non-hydrogen) atoms. The summed E-state index contributed by atoms with van der Waals surface area (Å²) in [6, 6.07) is 13.6. The van der Waals surface area contributed by atoms with Crippen LogP contribution in [0, 0.1) is 6.92 Å². The summed E-state index contributed by atoms with van der Waals surface area (Å²) in [5.41, 5.74) is 3.28. The number of furan rings is 1. The van der Waals surface area contributed by atoms with Gasteiger partial charge in [0.2, 0.25) is 0 Å². The van der Waals surface area contributed by atoms with Crippen molar-refractivity contribution in [2.45, 2.75) is 59.3 Å². The van der Waals surface area contributed by atoms with E-state index in [1.54, 1.807) is 0 Å². The van der Waals surface area contributed by atoms with E-state index < -0.39 is 0 Å². The van der Waals surface area contributed by atoms with Crippen molar-refractivity contribution in [2.24, 2.45) is 0 Å². The summed E-state index contributed by atoms with van der Waals surface area (Å²) in [6.45, 7) is 9.25. The third-order valence-corrected chi connectivity index (χ3v) is 5.86. The number of nitrogens with zero attached hydrogens (tertiary/aromatic N) is 1. The van der Waals surface area contributed by atoms with Crippen molar-refractivity contribution in [3.05, 3.63) is 64.9 Å². The average Bonchev–Trinajstić information content (AvgIpc) is 3.16. The molecule has 1 aromatic heterocycles. The molecule has 0 aliphatic rings. The average molecular weight is 436 g/mol. The molecule has 0 spiro atoms. The van der Waals surface area contributed by atoms with Crippen molar-refractivity contribution in [3.8, 4) is 5.75 Å². The first kappa shape index (κ1) is 24.1. The van der Waals surface area contributed by atoms with Gasteiger partial charge in [-0.3, -0.25) is 4.79 Å². The number of benzene rings is 2. The number of hydrogen-bond donors (Lipinski definition) is 0. The van der Waals surface area contributed by atoms with E-state index in [1.807, 2.05) is 43.3 Å². The van der Waals surface area contributed by atoms with Crippen LogP contribution in [-0.2, 0) is 6.42 Å².